The van der Waals surface area contributed by atoms with Gasteiger partial charge < -0.3 is 127 Å². The zero-order valence-corrected chi connectivity index (χ0v) is 69.9. The number of methoxy groups -OCH3 is 2. The number of allylic oxidation sites excluding steroid dienone is 5. The number of nitrogens with one attached hydrogen (secondary N) is 2. The summed E-state index contributed by atoms with van der Waals surface area (Å²) in [6, 6.07) is -2.33. The lowest BCUT2D eigenvalue weighted by molar-refractivity contribution is -0.265. The third-order valence-corrected chi connectivity index (χ3v) is 20.3. The summed E-state index contributed by atoms with van der Waals surface area (Å²) >= 11 is 0. The SMILES string of the molecule is CCCOCCOCCOCCOCCOCCOCCOCCOCCNC(=O)O[C@@H]1C[C@@H]([C@H](N)CC2CC[C@@H](OC(=O)NCCOCCOCCOCCOCCOCC)[C@H](OC)C2)OC(=O)[C@@H]2CCCCN2C(=O)C(=O)[C@]2(O)O[C@@H](CC[C@H]2C)C[C@H](OC)/C(C)=C/C=C/C=C/[C@@H](C)C[C@@H](C)C(=O)[C@H](O)[C@H](O)/C(C)=C/[C@H]1C. The first-order valence-corrected chi connectivity index (χ1v) is 41.3. The van der Waals surface area contributed by atoms with E-state index in [4.69, 9.17) is 95.7 Å². The zero-order chi connectivity index (χ0) is 83.1. The van der Waals surface area contributed by atoms with Crippen molar-refractivity contribution in [2.24, 2.45) is 35.3 Å². The van der Waals surface area contributed by atoms with Crippen LogP contribution in [0.25, 0.3) is 0 Å². The minimum Gasteiger partial charge on any atom is -0.459 e. The number of cyclic esters (lactones) is 1. The first-order chi connectivity index (χ1) is 55.1. The molecule has 3 amide bonds. The Labute approximate surface area is 676 Å². The van der Waals surface area contributed by atoms with Gasteiger partial charge in [-0.15, -0.1) is 0 Å². The summed E-state index contributed by atoms with van der Waals surface area (Å²) in [6.45, 7) is 25.2. The van der Waals surface area contributed by atoms with Crippen molar-refractivity contribution >= 4 is 35.6 Å². The predicted octanol–water partition coefficient (Wildman–Crippen LogP) is 6.12. The molecule has 1 unspecified atom stereocenters. The number of nitrogens with zero attached hydrogens (tertiary/aromatic N) is 1. The number of piperidine rings is 1. The van der Waals surface area contributed by atoms with Gasteiger partial charge in [0.25, 0.3) is 11.7 Å². The minimum atomic E-state index is -2.55. The Kier molecular flexibility index (Phi) is 54.5. The van der Waals surface area contributed by atoms with E-state index in [-0.39, 0.29) is 89.2 Å². The molecule has 2 saturated heterocycles. The van der Waals surface area contributed by atoms with Gasteiger partial charge in [-0.05, 0) is 114 Å². The Morgan fingerprint density at radius 3 is 1.56 bits per heavy atom. The molecule has 7 N–H and O–H groups in total. The van der Waals surface area contributed by atoms with Crippen molar-refractivity contribution in [1.29, 1.82) is 0 Å². The number of carbonyl (C=O) groups is 6. The van der Waals surface area contributed by atoms with Gasteiger partial charge in [0.05, 0.1) is 177 Å². The Hall–Kier alpha value is -5.02. The number of rotatable bonds is 49. The van der Waals surface area contributed by atoms with E-state index in [1.54, 1.807) is 40.9 Å². The topological polar surface area (TPSA) is 392 Å². The lowest BCUT2D eigenvalue weighted by atomic mass is 9.80. The third-order valence-electron chi connectivity index (χ3n) is 20.3. The largest absolute Gasteiger partial charge is 0.459 e. The van der Waals surface area contributed by atoms with Crippen LogP contribution >= 0.6 is 0 Å². The average molecular weight is 1630 g/mol. The molecular formula is C82H142N4O28. The van der Waals surface area contributed by atoms with Gasteiger partial charge in [-0.3, -0.25) is 14.4 Å². The molecule has 32 nitrogen and oxygen atoms in total. The number of Topliss-reactive ketones (excluding diaryl/α,β-unsaturated/α-hetero) is 2. The second-order valence-electron chi connectivity index (χ2n) is 29.4. The predicted molar refractivity (Wildman–Crippen MR) is 421 cm³/mol. The summed E-state index contributed by atoms with van der Waals surface area (Å²) in [5.74, 6) is -9.01. The number of nitrogens with two attached hydrogens (primary N) is 1. The smallest absolute Gasteiger partial charge is 0.407 e. The molecule has 0 spiro atoms. The molecule has 1 aliphatic carbocycles. The number of esters is 1. The normalized spacial score (nSPS) is 28.6. The maximum Gasteiger partial charge on any atom is 0.407 e. The van der Waals surface area contributed by atoms with Crippen LogP contribution in [0.2, 0.25) is 0 Å². The average Bonchev–Trinajstić information content (AvgIpc) is 0.773. The quantitative estimate of drug-likeness (QED) is 0.0131. The van der Waals surface area contributed by atoms with E-state index in [2.05, 4.69) is 17.6 Å². The fourth-order valence-electron chi connectivity index (χ4n) is 13.7. The fourth-order valence-corrected chi connectivity index (χ4v) is 13.7. The summed E-state index contributed by atoms with van der Waals surface area (Å²) in [6.07, 6.45) is 5.45. The maximum atomic E-state index is 15.1. The van der Waals surface area contributed by atoms with Gasteiger partial charge in [-0.2, -0.15) is 0 Å². The van der Waals surface area contributed by atoms with E-state index in [0.717, 1.165) is 23.5 Å². The molecule has 0 radical (unpaired) electrons. The highest BCUT2D eigenvalue weighted by molar-refractivity contribution is 6.39. The van der Waals surface area contributed by atoms with E-state index in [0.29, 0.717) is 190 Å². The molecule has 16 atom stereocenters. The molecule has 2 bridgehead atoms. The van der Waals surface area contributed by atoms with Gasteiger partial charge >= 0.3 is 18.2 Å². The monoisotopic (exact) mass is 1630 g/mol. The number of carbonyl (C=O) groups excluding carboxylic acids is 6. The lowest BCUT2D eigenvalue weighted by Gasteiger charge is -2.43. The Morgan fingerprint density at radius 1 is 0.561 bits per heavy atom. The van der Waals surface area contributed by atoms with Crippen molar-refractivity contribution in [3.63, 3.8) is 0 Å². The molecule has 4 aliphatic rings. The van der Waals surface area contributed by atoms with Gasteiger partial charge in [0, 0.05) is 83.7 Å². The van der Waals surface area contributed by atoms with E-state index >= 15 is 4.79 Å². The molecule has 658 valence electrons. The van der Waals surface area contributed by atoms with Gasteiger partial charge in [-0.25, -0.2) is 14.4 Å². The lowest BCUT2D eigenvalue weighted by Crippen LogP contribution is -2.61. The molecular weight excluding hydrogens is 1490 g/mol. The van der Waals surface area contributed by atoms with E-state index in [9.17, 15) is 39.3 Å². The molecule has 0 aromatic carbocycles. The van der Waals surface area contributed by atoms with Crippen LogP contribution in [-0.4, -0.2) is 328 Å². The zero-order valence-electron chi connectivity index (χ0n) is 69.9. The number of ether oxygens (including phenoxy) is 19. The number of fused-ring (bicyclic) bond motifs is 3. The Balaban J connectivity index is 1.48. The number of ketones is 2. The van der Waals surface area contributed by atoms with Crippen LogP contribution in [-0.2, 0) is 109 Å². The van der Waals surface area contributed by atoms with Crippen molar-refractivity contribution in [3.8, 4) is 0 Å². The van der Waals surface area contributed by atoms with Crippen LogP contribution in [0.15, 0.2) is 47.6 Å². The van der Waals surface area contributed by atoms with Crippen molar-refractivity contribution in [1.82, 2.24) is 15.5 Å². The second kappa shape index (κ2) is 61.3. The summed E-state index contributed by atoms with van der Waals surface area (Å²) in [7, 11) is 3.06. The van der Waals surface area contributed by atoms with Gasteiger partial charge in [0.1, 0.15) is 36.6 Å². The third kappa shape index (κ3) is 41.1. The molecule has 3 aliphatic heterocycles. The molecule has 0 aromatic heterocycles. The van der Waals surface area contributed by atoms with E-state index in [1.165, 1.54) is 7.11 Å². The highest BCUT2D eigenvalue weighted by Crippen LogP contribution is 2.38. The first kappa shape index (κ1) is 101. The van der Waals surface area contributed by atoms with E-state index in [1.807, 2.05) is 51.2 Å². The maximum absolute atomic E-state index is 15.1. The van der Waals surface area contributed by atoms with Crippen LogP contribution in [0.5, 0.6) is 0 Å². The molecule has 0 aromatic rings. The fraction of sp³-hybridized carbons (Fsp3) is 0.829. The van der Waals surface area contributed by atoms with Crippen LogP contribution < -0.4 is 16.4 Å². The number of alkyl carbamates (subject to hydrolysis) is 2. The summed E-state index contributed by atoms with van der Waals surface area (Å²) in [5.41, 5.74) is 8.28. The molecule has 3 heterocycles. The molecule has 3 fully saturated rings. The minimum absolute atomic E-state index is 0.00473. The van der Waals surface area contributed by atoms with E-state index < -0.39 is 120 Å². The van der Waals surface area contributed by atoms with Crippen molar-refractivity contribution in [3.05, 3.63) is 47.6 Å². The molecule has 114 heavy (non-hydrogen) atoms. The Morgan fingerprint density at radius 2 is 1.06 bits per heavy atom. The number of amides is 3. The Bertz CT molecular complexity index is 2750. The van der Waals surface area contributed by atoms with Gasteiger partial charge in [0.15, 0.2) is 5.78 Å². The van der Waals surface area contributed by atoms with Gasteiger partial charge in [0.2, 0.25) is 5.79 Å². The number of hydrogen-bond donors (Lipinski definition) is 6. The first-order valence-electron chi connectivity index (χ1n) is 41.3. The van der Waals surface area contributed by atoms with Crippen LogP contribution in [0.4, 0.5) is 9.59 Å². The standard InChI is InChI=1S/C82H142N4O28/c1-11-28-99-33-36-103-41-44-107-47-49-109-51-52-110-50-48-108-46-43-105-38-35-101-30-26-85-81(94)113-71-58-72(67(83)55-65-22-24-69(73(56-65)97-10)112-80(93)84-25-29-100-34-37-104-42-45-106-40-39-102-32-31-98-12-2)111-79(92)68-20-16-17-27-86(68)78(91)77(90)82(95)64(8)21-23-66(114-82)57-70(96-9)60(4)19-15-13-14-18-59(3)53-62(6)74(87)76(89)75(88)63(7)54-61(71)5/h13-15,18-19,54,59,61-62,64-73,75-76,88-89,95H,11-12,16-17,20-53,55-58,83H2,1-10H3,(H,84,93)(H,85,94)/b15-13+,18-14+,60-19+,63-54+/t59-,61-,62-,64-,65?,66+,67-,68+,69-,70+,71-,72+,73-,75-,76+,82-/m1/s1. The highest BCUT2D eigenvalue weighted by atomic mass is 16.6. The van der Waals surface area contributed by atoms with Gasteiger partial charge in [-0.1, -0.05) is 71.1 Å². The number of aliphatic hydroxyl groups is 3. The highest BCUT2D eigenvalue weighted by Gasteiger charge is 2.53. The van der Waals surface area contributed by atoms with Crippen molar-refractivity contribution < 1.29 is 134 Å². The molecule has 32 heteroatoms. The molecule has 4 rings (SSSR count). The van der Waals surface area contributed by atoms with Crippen LogP contribution in [0.3, 0.4) is 0 Å². The molecule has 1 saturated carbocycles. The second-order valence-corrected chi connectivity index (χ2v) is 29.4. The number of aliphatic hydroxyl groups excluding tert-OH is 2. The van der Waals surface area contributed by atoms with Crippen LogP contribution in [0, 0.1) is 29.6 Å². The summed E-state index contributed by atoms with van der Waals surface area (Å²) in [4.78, 5) is 86.9. The van der Waals surface area contributed by atoms with Crippen molar-refractivity contribution in [2.45, 2.75) is 206 Å². The van der Waals surface area contributed by atoms with Crippen molar-refractivity contribution in [2.75, 3.05) is 206 Å². The summed E-state index contributed by atoms with van der Waals surface area (Å²) < 4.78 is 109. The number of hydrogen-bond acceptors (Lipinski definition) is 29. The summed E-state index contributed by atoms with van der Waals surface area (Å²) in [5, 5.41) is 41.0. The van der Waals surface area contributed by atoms with Crippen LogP contribution in [0.1, 0.15) is 139 Å².